The zero-order valence-corrected chi connectivity index (χ0v) is 8.84. The van der Waals surface area contributed by atoms with Gasteiger partial charge in [0.25, 0.3) is 0 Å². The van der Waals surface area contributed by atoms with Gasteiger partial charge in [0, 0.05) is 17.3 Å². The third-order valence-electron chi connectivity index (χ3n) is 2.26. The number of rotatable bonds is 2. The number of benzene rings is 1. The highest BCUT2D eigenvalue weighted by atomic mass is 35.5. The van der Waals surface area contributed by atoms with Crippen molar-refractivity contribution >= 4 is 23.2 Å². The van der Waals surface area contributed by atoms with Gasteiger partial charge >= 0.3 is 0 Å². The molecule has 4 nitrogen and oxygen atoms in total. The number of nitrogens with one attached hydrogen (secondary N) is 3. The molecule has 1 atom stereocenters. The smallest absolute Gasteiger partial charge is 0.242 e. The SMILES string of the molecule is O=C(Nc1ccc(Cl)cc1)C1CCNN1. The molecule has 1 aromatic carbocycles. The van der Waals surface area contributed by atoms with Crippen LogP contribution in [0.5, 0.6) is 0 Å². The van der Waals surface area contributed by atoms with Crippen LogP contribution in [-0.2, 0) is 4.79 Å². The Balaban J connectivity index is 1.96. The second-order valence-corrected chi connectivity index (χ2v) is 3.84. The van der Waals surface area contributed by atoms with Crippen molar-refractivity contribution in [3.05, 3.63) is 29.3 Å². The van der Waals surface area contributed by atoms with Gasteiger partial charge in [0.15, 0.2) is 0 Å². The van der Waals surface area contributed by atoms with Crippen molar-refractivity contribution in [1.82, 2.24) is 10.9 Å². The average molecular weight is 226 g/mol. The fraction of sp³-hybridized carbons (Fsp3) is 0.300. The molecular weight excluding hydrogens is 214 g/mol. The predicted octanol–water partition coefficient (Wildman–Crippen LogP) is 1.14. The van der Waals surface area contributed by atoms with Crippen molar-refractivity contribution in [3.63, 3.8) is 0 Å². The molecule has 0 radical (unpaired) electrons. The van der Waals surface area contributed by atoms with Crippen molar-refractivity contribution < 1.29 is 4.79 Å². The quantitative estimate of drug-likeness (QED) is 0.708. The van der Waals surface area contributed by atoms with Gasteiger partial charge in [-0.25, -0.2) is 5.43 Å². The predicted molar refractivity (Wildman–Crippen MR) is 59.6 cm³/mol. The van der Waals surface area contributed by atoms with E-state index in [4.69, 9.17) is 11.6 Å². The van der Waals surface area contributed by atoms with Gasteiger partial charge < -0.3 is 5.32 Å². The van der Waals surface area contributed by atoms with Gasteiger partial charge in [0.2, 0.25) is 5.91 Å². The van der Waals surface area contributed by atoms with Gasteiger partial charge in [-0.05, 0) is 30.7 Å². The number of amides is 1. The zero-order chi connectivity index (χ0) is 10.7. The summed E-state index contributed by atoms with van der Waals surface area (Å²) >= 11 is 5.74. The molecule has 1 saturated heterocycles. The molecule has 0 aliphatic carbocycles. The summed E-state index contributed by atoms with van der Waals surface area (Å²) in [4.78, 5) is 11.7. The molecule has 0 saturated carbocycles. The number of hydrazine groups is 1. The minimum Gasteiger partial charge on any atom is -0.325 e. The lowest BCUT2D eigenvalue weighted by Crippen LogP contribution is -2.39. The first kappa shape index (κ1) is 10.4. The number of carbonyl (C=O) groups is 1. The van der Waals surface area contributed by atoms with E-state index in [-0.39, 0.29) is 11.9 Å². The first-order valence-corrected chi connectivity index (χ1v) is 5.18. The van der Waals surface area contributed by atoms with Crippen LogP contribution < -0.4 is 16.2 Å². The van der Waals surface area contributed by atoms with E-state index in [0.717, 1.165) is 18.7 Å². The second-order valence-electron chi connectivity index (χ2n) is 3.41. The zero-order valence-electron chi connectivity index (χ0n) is 8.09. The van der Waals surface area contributed by atoms with Crippen LogP contribution in [0.2, 0.25) is 5.02 Å². The molecule has 5 heteroatoms. The summed E-state index contributed by atoms with van der Waals surface area (Å²) in [5.41, 5.74) is 6.58. The van der Waals surface area contributed by atoms with E-state index in [0.29, 0.717) is 5.02 Å². The van der Waals surface area contributed by atoms with E-state index in [9.17, 15) is 4.79 Å². The molecule has 1 fully saturated rings. The summed E-state index contributed by atoms with van der Waals surface area (Å²) < 4.78 is 0. The summed E-state index contributed by atoms with van der Waals surface area (Å²) in [7, 11) is 0. The third-order valence-corrected chi connectivity index (χ3v) is 2.51. The van der Waals surface area contributed by atoms with Crippen LogP contribution in [0.1, 0.15) is 6.42 Å². The van der Waals surface area contributed by atoms with E-state index in [1.165, 1.54) is 0 Å². The minimum absolute atomic E-state index is 0.0256. The molecule has 3 N–H and O–H groups in total. The van der Waals surface area contributed by atoms with Crippen molar-refractivity contribution in [2.75, 3.05) is 11.9 Å². The van der Waals surface area contributed by atoms with E-state index in [2.05, 4.69) is 16.2 Å². The van der Waals surface area contributed by atoms with Gasteiger partial charge in [-0.3, -0.25) is 10.2 Å². The van der Waals surface area contributed by atoms with Crippen LogP contribution >= 0.6 is 11.6 Å². The maximum atomic E-state index is 11.7. The molecule has 80 valence electrons. The van der Waals surface area contributed by atoms with Crippen LogP contribution in [0, 0.1) is 0 Å². The van der Waals surface area contributed by atoms with Crippen molar-refractivity contribution in [1.29, 1.82) is 0 Å². The Morgan fingerprint density at radius 2 is 2.13 bits per heavy atom. The molecule has 0 spiro atoms. The Morgan fingerprint density at radius 1 is 1.40 bits per heavy atom. The lowest BCUT2D eigenvalue weighted by molar-refractivity contribution is -0.117. The molecular formula is C10H12ClN3O. The lowest BCUT2D eigenvalue weighted by Gasteiger charge is -2.10. The average Bonchev–Trinajstić information content (AvgIpc) is 2.74. The van der Waals surface area contributed by atoms with Gasteiger partial charge in [-0.1, -0.05) is 11.6 Å². The molecule has 1 amide bonds. The molecule has 1 aliphatic heterocycles. The van der Waals surface area contributed by atoms with Crippen molar-refractivity contribution in [2.24, 2.45) is 0 Å². The maximum absolute atomic E-state index is 11.7. The topological polar surface area (TPSA) is 53.2 Å². The molecule has 0 bridgehead atoms. The molecule has 0 aromatic heterocycles. The van der Waals surface area contributed by atoms with Gasteiger partial charge in [0.1, 0.15) is 6.04 Å². The molecule has 1 aliphatic rings. The third kappa shape index (κ3) is 2.68. The Hall–Kier alpha value is -1.10. The summed E-state index contributed by atoms with van der Waals surface area (Å²) in [6, 6.07) is 6.90. The second kappa shape index (κ2) is 4.61. The Labute approximate surface area is 93.0 Å². The normalized spacial score (nSPS) is 20.2. The Morgan fingerprint density at radius 3 is 2.73 bits per heavy atom. The van der Waals surface area contributed by atoms with Gasteiger partial charge in [0.05, 0.1) is 0 Å². The van der Waals surface area contributed by atoms with Crippen LogP contribution in [0.25, 0.3) is 0 Å². The van der Waals surface area contributed by atoms with E-state index in [1.807, 2.05) is 0 Å². The highest BCUT2D eigenvalue weighted by Crippen LogP contribution is 2.13. The number of hydrogen-bond donors (Lipinski definition) is 3. The maximum Gasteiger partial charge on any atom is 0.242 e. The number of carbonyl (C=O) groups excluding carboxylic acids is 1. The van der Waals surface area contributed by atoms with Crippen LogP contribution in [-0.4, -0.2) is 18.5 Å². The summed E-state index contributed by atoms with van der Waals surface area (Å²) in [5, 5.41) is 3.47. The summed E-state index contributed by atoms with van der Waals surface area (Å²) in [6.45, 7) is 0.818. The molecule has 1 unspecified atom stereocenters. The fourth-order valence-corrected chi connectivity index (χ4v) is 1.57. The van der Waals surface area contributed by atoms with Crippen LogP contribution in [0.4, 0.5) is 5.69 Å². The van der Waals surface area contributed by atoms with Gasteiger partial charge in [-0.2, -0.15) is 0 Å². The number of anilines is 1. The van der Waals surface area contributed by atoms with E-state index >= 15 is 0 Å². The Kier molecular flexibility index (Phi) is 3.20. The van der Waals surface area contributed by atoms with Crippen LogP contribution in [0.15, 0.2) is 24.3 Å². The van der Waals surface area contributed by atoms with E-state index in [1.54, 1.807) is 24.3 Å². The number of halogens is 1. The fourth-order valence-electron chi connectivity index (χ4n) is 1.44. The molecule has 15 heavy (non-hydrogen) atoms. The van der Waals surface area contributed by atoms with Gasteiger partial charge in [-0.15, -0.1) is 0 Å². The van der Waals surface area contributed by atoms with Crippen molar-refractivity contribution in [2.45, 2.75) is 12.5 Å². The molecule has 1 heterocycles. The first-order chi connectivity index (χ1) is 7.25. The number of hydrogen-bond acceptors (Lipinski definition) is 3. The highest BCUT2D eigenvalue weighted by molar-refractivity contribution is 6.30. The standard InChI is InChI=1S/C10H12ClN3O/c11-7-1-3-8(4-2-7)13-10(15)9-5-6-12-14-9/h1-4,9,12,14H,5-6H2,(H,13,15). The minimum atomic E-state index is -0.152. The molecule has 1 aromatic rings. The summed E-state index contributed by atoms with van der Waals surface area (Å²) in [6.07, 6.45) is 0.805. The largest absolute Gasteiger partial charge is 0.325 e. The Bertz CT molecular complexity index is 346. The summed E-state index contributed by atoms with van der Waals surface area (Å²) in [5.74, 6) is -0.0256. The molecule has 2 rings (SSSR count). The lowest BCUT2D eigenvalue weighted by atomic mass is 10.2. The highest BCUT2D eigenvalue weighted by Gasteiger charge is 2.21. The van der Waals surface area contributed by atoms with E-state index < -0.39 is 0 Å². The monoisotopic (exact) mass is 225 g/mol. The van der Waals surface area contributed by atoms with Crippen LogP contribution in [0.3, 0.4) is 0 Å². The first-order valence-electron chi connectivity index (χ1n) is 4.80. The van der Waals surface area contributed by atoms with Crippen molar-refractivity contribution in [3.8, 4) is 0 Å².